The molecule has 1 aromatic rings. The van der Waals surface area contributed by atoms with E-state index in [1.165, 1.54) is 12.5 Å². The van der Waals surface area contributed by atoms with Gasteiger partial charge in [0.25, 0.3) is 0 Å². The van der Waals surface area contributed by atoms with Crippen LogP contribution < -0.4 is 5.32 Å². The van der Waals surface area contributed by atoms with Crippen molar-refractivity contribution in [1.29, 1.82) is 0 Å². The molecule has 3 rings (SSSR count). The summed E-state index contributed by atoms with van der Waals surface area (Å²) in [5.41, 5.74) is 1.15. The quantitative estimate of drug-likeness (QED) is 0.726. The van der Waals surface area contributed by atoms with Crippen LogP contribution in [0.15, 0.2) is 24.3 Å². The molecule has 0 aliphatic carbocycles. The molecule has 0 aromatic heterocycles. The molecule has 1 aromatic carbocycles. The Bertz CT molecular complexity index is 852. The molecular formula is C25H36ClN3O3. The summed E-state index contributed by atoms with van der Waals surface area (Å²) < 4.78 is 0. The first-order chi connectivity index (χ1) is 15.0. The molecule has 0 saturated carbocycles. The average molecular weight is 462 g/mol. The smallest absolute Gasteiger partial charge is 0.245 e. The molecule has 2 aliphatic heterocycles. The molecular weight excluding hydrogens is 426 g/mol. The van der Waals surface area contributed by atoms with Crippen LogP contribution in [0.5, 0.6) is 0 Å². The Morgan fingerprint density at radius 1 is 1.06 bits per heavy atom. The van der Waals surface area contributed by atoms with Crippen molar-refractivity contribution in [3.8, 4) is 0 Å². The molecule has 7 heteroatoms. The standard InChI is InChI=1S/C25H36ClN3O3/c1-16(2)22(27-23(31)19-10-12-28(14-19)17(3)30)24(32)29-13-11-21(25(4,5)15-29)18-6-8-20(26)9-7-18/h6-9,16,19,21-22H,10-15H2,1-5H3,(H,27,31)/t19-,21?,22+/m0/s1. The van der Waals surface area contributed by atoms with Gasteiger partial charge in [0.1, 0.15) is 6.04 Å². The van der Waals surface area contributed by atoms with Crippen LogP contribution in [0.4, 0.5) is 0 Å². The Balaban J connectivity index is 1.66. The molecule has 2 saturated heterocycles. The van der Waals surface area contributed by atoms with E-state index < -0.39 is 6.04 Å². The molecule has 3 atom stereocenters. The average Bonchev–Trinajstić information content (AvgIpc) is 3.22. The number of hydrogen-bond donors (Lipinski definition) is 1. The van der Waals surface area contributed by atoms with Gasteiger partial charge >= 0.3 is 0 Å². The number of rotatable bonds is 5. The minimum Gasteiger partial charge on any atom is -0.344 e. The molecule has 1 unspecified atom stereocenters. The van der Waals surface area contributed by atoms with Crippen molar-refractivity contribution in [3.63, 3.8) is 0 Å². The van der Waals surface area contributed by atoms with Crippen LogP contribution in [0.25, 0.3) is 0 Å². The Morgan fingerprint density at radius 3 is 2.22 bits per heavy atom. The van der Waals surface area contributed by atoms with Gasteiger partial charge in [-0.05, 0) is 47.8 Å². The van der Waals surface area contributed by atoms with E-state index in [4.69, 9.17) is 11.6 Å². The van der Waals surface area contributed by atoms with Gasteiger partial charge in [0.05, 0.1) is 5.92 Å². The van der Waals surface area contributed by atoms with E-state index in [1.807, 2.05) is 30.9 Å². The second-order valence-electron chi connectivity index (χ2n) is 10.3. The number of hydrogen-bond acceptors (Lipinski definition) is 3. The first kappa shape index (κ1) is 24.6. The number of likely N-dealkylation sites (tertiary alicyclic amines) is 2. The van der Waals surface area contributed by atoms with E-state index in [-0.39, 0.29) is 35.0 Å². The molecule has 32 heavy (non-hydrogen) atoms. The zero-order chi connectivity index (χ0) is 23.6. The fourth-order valence-electron chi connectivity index (χ4n) is 5.10. The van der Waals surface area contributed by atoms with Crippen molar-refractivity contribution >= 4 is 29.3 Å². The lowest BCUT2D eigenvalue weighted by Crippen LogP contribution is -2.56. The highest BCUT2D eigenvalue weighted by atomic mass is 35.5. The number of halogens is 1. The Hall–Kier alpha value is -2.08. The van der Waals surface area contributed by atoms with Crippen LogP contribution in [0.1, 0.15) is 58.9 Å². The van der Waals surface area contributed by atoms with Crippen LogP contribution in [0, 0.1) is 17.3 Å². The maximum atomic E-state index is 13.5. The highest BCUT2D eigenvalue weighted by molar-refractivity contribution is 6.30. The number of carbonyl (C=O) groups excluding carboxylic acids is 3. The van der Waals surface area contributed by atoms with Gasteiger partial charge < -0.3 is 15.1 Å². The predicted octanol–water partition coefficient (Wildman–Crippen LogP) is 3.69. The first-order valence-corrected chi connectivity index (χ1v) is 12.0. The SMILES string of the molecule is CC(=O)N1CC[C@H](C(=O)N[C@@H](C(=O)N2CCC(c3ccc(Cl)cc3)C(C)(C)C2)C(C)C)C1. The zero-order valence-electron chi connectivity index (χ0n) is 19.9. The number of nitrogens with zero attached hydrogens (tertiary/aromatic N) is 2. The molecule has 0 bridgehead atoms. The maximum Gasteiger partial charge on any atom is 0.245 e. The van der Waals surface area contributed by atoms with Gasteiger partial charge in [-0.15, -0.1) is 0 Å². The lowest BCUT2D eigenvalue weighted by atomic mass is 9.70. The summed E-state index contributed by atoms with van der Waals surface area (Å²) in [6.07, 6.45) is 1.51. The van der Waals surface area contributed by atoms with Crippen molar-refractivity contribution in [2.24, 2.45) is 17.3 Å². The molecule has 176 valence electrons. The predicted molar refractivity (Wildman–Crippen MR) is 126 cm³/mol. The lowest BCUT2D eigenvalue weighted by Gasteiger charge is -2.45. The summed E-state index contributed by atoms with van der Waals surface area (Å²) in [4.78, 5) is 41.5. The van der Waals surface area contributed by atoms with E-state index in [0.717, 1.165) is 11.4 Å². The third kappa shape index (κ3) is 5.45. The molecule has 2 fully saturated rings. The monoisotopic (exact) mass is 461 g/mol. The fraction of sp³-hybridized carbons (Fsp3) is 0.640. The maximum absolute atomic E-state index is 13.5. The number of benzene rings is 1. The minimum absolute atomic E-state index is 0.0115. The van der Waals surface area contributed by atoms with Crippen molar-refractivity contribution in [1.82, 2.24) is 15.1 Å². The summed E-state index contributed by atoms with van der Waals surface area (Å²) in [7, 11) is 0. The molecule has 1 N–H and O–H groups in total. The Labute approximate surface area is 196 Å². The molecule has 0 radical (unpaired) electrons. The Morgan fingerprint density at radius 2 is 1.69 bits per heavy atom. The van der Waals surface area contributed by atoms with Gasteiger partial charge in [-0.3, -0.25) is 14.4 Å². The van der Waals surface area contributed by atoms with Gasteiger partial charge in [0.2, 0.25) is 17.7 Å². The highest BCUT2D eigenvalue weighted by Crippen LogP contribution is 2.42. The highest BCUT2D eigenvalue weighted by Gasteiger charge is 2.41. The van der Waals surface area contributed by atoms with Gasteiger partial charge in [-0.1, -0.05) is 51.4 Å². The van der Waals surface area contributed by atoms with Crippen LogP contribution in [-0.4, -0.2) is 59.7 Å². The number of piperidine rings is 1. The van der Waals surface area contributed by atoms with Gasteiger partial charge in [-0.2, -0.15) is 0 Å². The number of nitrogens with one attached hydrogen (secondary N) is 1. The van der Waals surface area contributed by atoms with Crippen molar-refractivity contribution in [3.05, 3.63) is 34.9 Å². The Kier molecular flexibility index (Phi) is 7.53. The zero-order valence-corrected chi connectivity index (χ0v) is 20.6. The second-order valence-corrected chi connectivity index (χ2v) is 10.8. The van der Waals surface area contributed by atoms with Crippen LogP contribution in [0.2, 0.25) is 5.02 Å². The largest absolute Gasteiger partial charge is 0.344 e. The van der Waals surface area contributed by atoms with Gasteiger partial charge in [0, 0.05) is 38.1 Å². The third-order valence-electron chi connectivity index (χ3n) is 7.05. The fourth-order valence-corrected chi connectivity index (χ4v) is 5.23. The van der Waals surface area contributed by atoms with E-state index in [1.54, 1.807) is 4.90 Å². The van der Waals surface area contributed by atoms with Crippen LogP contribution in [0.3, 0.4) is 0 Å². The molecule has 0 spiro atoms. The summed E-state index contributed by atoms with van der Waals surface area (Å²) in [6.45, 7) is 12.2. The lowest BCUT2D eigenvalue weighted by molar-refractivity contribution is -0.141. The van der Waals surface area contributed by atoms with E-state index >= 15 is 0 Å². The summed E-state index contributed by atoms with van der Waals surface area (Å²) in [5, 5.41) is 3.73. The van der Waals surface area contributed by atoms with Crippen molar-refractivity contribution in [2.45, 2.75) is 59.4 Å². The van der Waals surface area contributed by atoms with E-state index in [2.05, 4.69) is 31.3 Å². The minimum atomic E-state index is -0.559. The third-order valence-corrected chi connectivity index (χ3v) is 7.30. The molecule has 2 heterocycles. The van der Waals surface area contributed by atoms with Gasteiger partial charge in [-0.25, -0.2) is 0 Å². The topological polar surface area (TPSA) is 69.7 Å². The van der Waals surface area contributed by atoms with Crippen LogP contribution in [-0.2, 0) is 14.4 Å². The van der Waals surface area contributed by atoms with E-state index in [0.29, 0.717) is 38.5 Å². The van der Waals surface area contributed by atoms with Gasteiger partial charge in [0.15, 0.2) is 0 Å². The molecule has 3 amide bonds. The van der Waals surface area contributed by atoms with Crippen molar-refractivity contribution in [2.75, 3.05) is 26.2 Å². The molecule has 6 nitrogen and oxygen atoms in total. The summed E-state index contributed by atoms with van der Waals surface area (Å²) >= 11 is 6.06. The summed E-state index contributed by atoms with van der Waals surface area (Å²) in [6, 6.07) is 7.44. The molecule has 2 aliphatic rings. The first-order valence-electron chi connectivity index (χ1n) is 11.6. The number of carbonyl (C=O) groups is 3. The van der Waals surface area contributed by atoms with Crippen molar-refractivity contribution < 1.29 is 14.4 Å². The van der Waals surface area contributed by atoms with E-state index in [9.17, 15) is 14.4 Å². The normalized spacial score (nSPS) is 23.8. The summed E-state index contributed by atoms with van der Waals surface area (Å²) in [5.74, 6) is -0.0862. The number of amides is 3. The van der Waals surface area contributed by atoms with Crippen LogP contribution >= 0.6 is 11.6 Å². The second kappa shape index (κ2) is 9.82.